The Morgan fingerprint density at radius 3 is 2.07 bits per heavy atom. The highest BCUT2D eigenvalue weighted by molar-refractivity contribution is 8.69. The first-order valence-electron chi connectivity index (χ1n) is 5.22. The standard InChI is InChI=1S/C9H21O2PS2/c1-3-5-6-7-9-11-12(13,14)10-8-4-2/h3-9H2,1-2H3,(H,13,14)/p-1. The van der Waals surface area contributed by atoms with Crippen molar-refractivity contribution in [2.24, 2.45) is 0 Å². The number of unbranched alkanes of at least 4 members (excludes halogenated alkanes) is 3. The molecule has 0 saturated heterocycles. The fourth-order valence-corrected chi connectivity index (χ4v) is 2.67. The molecule has 0 aromatic heterocycles. The van der Waals surface area contributed by atoms with Gasteiger partial charge in [0.05, 0.1) is 13.2 Å². The van der Waals surface area contributed by atoms with Gasteiger partial charge in [0, 0.05) is 6.12 Å². The molecule has 0 saturated carbocycles. The molecule has 0 aromatic carbocycles. The third-order valence-corrected chi connectivity index (χ3v) is 3.96. The SMILES string of the molecule is CCCCCCO[P+]([S-])([S-])OCCC. The van der Waals surface area contributed by atoms with Gasteiger partial charge >= 0.3 is 0 Å². The Balaban J connectivity index is 3.35. The molecular formula is C9H20O2PS2-. The molecule has 0 aliphatic rings. The van der Waals surface area contributed by atoms with Gasteiger partial charge in [0.15, 0.2) is 0 Å². The highest BCUT2D eigenvalue weighted by atomic mass is 33.1. The normalized spacial score (nSPS) is 12.0. The Bertz CT molecular complexity index is 134. The van der Waals surface area contributed by atoms with Crippen molar-refractivity contribution in [1.29, 1.82) is 0 Å². The van der Waals surface area contributed by atoms with Gasteiger partial charge in [-0.25, -0.2) is 0 Å². The number of hydrogen-bond acceptors (Lipinski definition) is 4. The van der Waals surface area contributed by atoms with Gasteiger partial charge in [-0.3, -0.25) is 9.05 Å². The molecule has 0 aliphatic heterocycles. The van der Waals surface area contributed by atoms with Crippen LogP contribution in [-0.2, 0) is 33.5 Å². The molecule has 0 atom stereocenters. The van der Waals surface area contributed by atoms with E-state index in [0.29, 0.717) is 13.2 Å². The second-order valence-corrected chi connectivity index (χ2v) is 8.16. The van der Waals surface area contributed by atoms with Crippen LogP contribution >= 0.6 is 6.12 Å². The summed E-state index contributed by atoms with van der Waals surface area (Å²) in [4.78, 5) is 0. The third-order valence-electron chi connectivity index (χ3n) is 1.70. The zero-order valence-electron chi connectivity index (χ0n) is 9.03. The highest BCUT2D eigenvalue weighted by Crippen LogP contribution is 2.56. The molecule has 86 valence electrons. The van der Waals surface area contributed by atoms with Crippen LogP contribution in [0.3, 0.4) is 0 Å². The molecule has 0 N–H and O–H groups in total. The summed E-state index contributed by atoms with van der Waals surface area (Å²) in [6.45, 7) is 5.49. The van der Waals surface area contributed by atoms with Crippen molar-refractivity contribution < 1.29 is 9.05 Å². The third kappa shape index (κ3) is 9.60. The Hall–Kier alpha value is 1.05. The van der Waals surface area contributed by atoms with Crippen LogP contribution in [-0.4, -0.2) is 13.2 Å². The summed E-state index contributed by atoms with van der Waals surface area (Å²) in [7, 11) is 0. The molecule has 0 heterocycles. The summed E-state index contributed by atoms with van der Waals surface area (Å²) in [6, 6.07) is 0. The predicted molar refractivity (Wildman–Crippen MR) is 68.0 cm³/mol. The van der Waals surface area contributed by atoms with Crippen molar-refractivity contribution in [2.45, 2.75) is 46.0 Å². The maximum atomic E-state index is 5.40. The minimum absolute atomic E-state index is 0.621. The molecule has 2 nitrogen and oxygen atoms in total. The second kappa shape index (κ2) is 9.29. The van der Waals surface area contributed by atoms with Crippen LogP contribution in [0.5, 0.6) is 0 Å². The largest absolute Gasteiger partial charge is 0.516 e. The van der Waals surface area contributed by atoms with Crippen molar-refractivity contribution in [3.63, 3.8) is 0 Å². The van der Waals surface area contributed by atoms with E-state index in [9.17, 15) is 0 Å². The zero-order valence-corrected chi connectivity index (χ0v) is 11.6. The van der Waals surface area contributed by atoms with Gasteiger partial charge in [-0.05, 0) is 12.8 Å². The fraction of sp³-hybridized carbons (Fsp3) is 1.00. The van der Waals surface area contributed by atoms with E-state index in [1.54, 1.807) is 0 Å². The summed E-state index contributed by atoms with van der Waals surface area (Å²) >= 11 is 10.1. The first kappa shape index (κ1) is 15.0. The van der Waals surface area contributed by atoms with Crippen LogP contribution in [0.15, 0.2) is 0 Å². The van der Waals surface area contributed by atoms with Crippen LogP contribution in [0.25, 0.3) is 0 Å². The zero-order chi connectivity index (χ0) is 10.9. The lowest BCUT2D eigenvalue weighted by molar-refractivity contribution is 0.252. The van der Waals surface area contributed by atoms with Crippen molar-refractivity contribution in [2.75, 3.05) is 13.2 Å². The van der Waals surface area contributed by atoms with Crippen LogP contribution < -0.4 is 0 Å². The number of hydrogen-bond donors (Lipinski definition) is 0. The van der Waals surface area contributed by atoms with Crippen LogP contribution in [0.1, 0.15) is 46.0 Å². The average Bonchev–Trinajstić information content (AvgIpc) is 2.15. The molecule has 0 aromatic rings. The van der Waals surface area contributed by atoms with E-state index in [1.807, 2.05) is 6.92 Å². The van der Waals surface area contributed by atoms with Crippen LogP contribution in [0, 0.1) is 0 Å². The van der Waals surface area contributed by atoms with Gasteiger partial charge < -0.3 is 24.5 Å². The minimum Gasteiger partial charge on any atom is -0.516 e. The molecule has 14 heavy (non-hydrogen) atoms. The lowest BCUT2D eigenvalue weighted by Gasteiger charge is -2.34. The van der Waals surface area contributed by atoms with Gasteiger partial charge in [0.1, 0.15) is 0 Å². The van der Waals surface area contributed by atoms with Gasteiger partial charge in [-0.2, -0.15) is 0 Å². The summed E-state index contributed by atoms with van der Waals surface area (Å²) < 4.78 is 10.7. The summed E-state index contributed by atoms with van der Waals surface area (Å²) in [5.41, 5.74) is 0. The van der Waals surface area contributed by atoms with E-state index >= 15 is 0 Å². The lowest BCUT2D eigenvalue weighted by Crippen LogP contribution is -2.00. The minimum atomic E-state index is -2.34. The van der Waals surface area contributed by atoms with E-state index < -0.39 is 6.12 Å². The lowest BCUT2D eigenvalue weighted by atomic mass is 10.2. The molecule has 0 unspecified atom stereocenters. The van der Waals surface area contributed by atoms with Gasteiger partial charge in [-0.15, -0.1) is 0 Å². The topological polar surface area (TPSA) is 18.5 Å². The highest BCUT2D eigenvalue weighted by Gasteiger charge is 2.08. The summed E-state index contributed by atoms with van der Waals surface area (Å²) in [6.07, 6.45) is 3.31. The number of rotatable bonds is 9. The molecule has 0 bridgehead atoms. The fourth-order valence-electron chi connectivity index (χ4n) is 0.946. The Kier molecular flexibility index (Phi) is 9.99. The van der Waals surface area contributed by atoms with E-state index in [1.165, 1.54) is 19.3 Å². The first-order valence-corrected chi connectivity index (χ1v) is 8.87. The Morgan fingerprint density at radius 2 is 1.50 bits per heavy atom. The Morgan fingerprint density at radius 1 is 0.857 bits per heavy atom. The smallest absolute Gasteiger partial charge is 0.0892 e. The van der Waals surface area contributed by atoms with Gasteiger partial charge in [-0.1, -0.05) is 33.1 Å². The van der Waals surface area contributed by atoms with Crippen molar-refractivity contribution >= 4 is 30.6 Å². The van der Waals surface area contributed by atoms with Crippen molar-refractivity contribution in [1.82, 2.24) is 0 Å². The Labute approximate surface area is 99.0 Å². The second-order valence-electron chi connectivity index (χ2n) is 3.17. The van der Waals surface area contributed by atoms with E-state index in [-0.39, 0.29) is 0 Å². The molecule has 0 aliphatic carbocycles. The summed E-state index contributed by atoms with van der Waals surface area (Å²) in [5.74, 6) is 0. The molecule has 0 spiro atoms. The molecule has 0 rings (SSSR count). The first-order chi connectivity index (χ1) is 6.62. The van der Waals surface area contributed by atoms with E-state index in [2.05, 4.69) is 6.92 Å². The predicted octanol–water partition coefficient (Wildman–Crippen LogP) is 3.78. The maximum absolute atomic E-state index is 5.40. The van der Waals surface area contributed by atoms with Gasteiger partial charge in [0.2, 0.25) is 0 Å². The van der Waals surface area contributed by atoms with Crippen LogP contribution in [0.2, 0.25) is 0 Å². The van der Waals surface area contributed by atoms with E-state index in [0.717, 1.165) is 12.8 Å². The van der Waals surface area contributed by atoms with E-state index in [4.69, 9.17) is 33.5 Å². The summed E-state index contributed by atoms with van der Waals surface area (Å²) in [5, 5.41) is 0. The monoisotopic (exact) mass is 255 g/mol. The van der Waals surface area contributed by atoms with Crippen molar-refractivity contribution in [3.8, 4) is 0 Å². The van der Waals surface area contributed by atoms with Gasteiger partial charge in [0.25, 0.3) is 0 Å². The maximum Gasteiger partial charge on any atom is 0.0892 e. The quantitative estimate of drug-likeness (QED) is 0.354. The molecular weight excluding hydrogens is 235 g/mol. The average molecular weight is 255 g/mol. The molecule has 0 radical (unpaired) electrons. The van der Waals surface area contributed by atoms with Crippen LogP contribution in [0.4, 0.5) is 0 Å². The molecule has 0 fully saturated rings. The molecule has 5 heteroatoms. The molecule has 0 amide bonds. The van der Waals surface area contributed by atoms with Crippen molar-refractivity contribution in [3.05, 3.63) is 0 Å².